The van der Waals surface area contributed by atoms with Crippen molar-refractivity contribution in [3.05, 3.63) is 23.5 Å². The molecule has 0 saturated heterocycles. The van der Waals surface area contributed by atoms with Crippen LogP contribution in [-0.2, 0) is 0 Å². The van der Waals surface area contributed by atoms with Crippen molar-refractivity contribution in [3.63, 3.8) is 0 Å². The van der Waals surface area contributed by atoms with Gasteiger partial charge in [-0.3, -0.25) is 0 Å². The summed E-state index contributed by atoms with van der Waals surface area (Å²) in [5.41, 5.74) is 2.42. The van der Waals surface area contributed by atoms with E-state index in [4.69, 9.17) is 5.11 Å². The van der Waals surface area contributed by atoms with Crippen LogP contribution in [0.5, 0.6) is 0 Å². The second kappa shape index (κ2) is 3.09. The highest BCUT2D eigenvalue weighted by atomic mass is 16.3. The molecule has 0 unspecified atom stereocenters. The number of hydrogen-bond donors (Lipinski definition) is 1. The predicted octanol–water partition coefficient (Wildman–Crippen LogP) is 1.66. The Morgan fingerprint density at radius 2 is 1.82 bits per heavy atom. The van der Waals surface area contributed by atoms with Gasteiger partial charge in [0.1, 0.15) is 0 Å². The van der Waals surface area contributed by atoms with Crippen molar-refractivity contribution in [3.8, 4) is 0 Å². The monoisotopic (exact) mass is 153 g/mol. The van der Waals surface area contributed by atoms with E-state index in [1.807, 2.05) is 6.92 Å². The maximum atomic E-state index is 8.93. The maximum Gasteiger partial charge on any atom is 0.0636 e. The molecule has 1 aromatic rings. The van der Waals surface area contributed by atoms with E-state index in [-0.39, 0.29) is 12.6 Å². The van der Waals surface area contributed by atoms with Crippen molar-refractivity contribution in [2.24, 2.45) is 0 Å². The van der Waals surface area contributed by atoms with Gasteiger partial charge < -0.3 is 9.67 Å². The standard InChI is InChI=1S/C9H15NO/c1-7-4-5-8(2)10(7)9(3)6-11/h4-5,9,11H,6H2,1-3H3/t9-/m1/s1. The Morgan fingerprint density at radius 3 is 2.18 bits per heavy atom. The topological polar surface area (TPSA) is 25.2 Å². The summed E-state index contributed by atoms with van der Waals surface area (Å²) in [6.07, 6.45) is 0. The van der Waals surface area contributed by atoms with Crippen LogP contribution in [0, 0.1) is 13.8 Å². The lowest BCUT2D eigenvalue weighted by molar-refractivity contribution is 0.236. The summed E-state index contributed by atoms with van der Waals surface area (Å²) in [6.45, 7) is 6.33. The third kappa shape index (κ3) is 1.46. The Kier molecular flexibility index (Phi) is 2.35. The molecular weight excluding hydrogens is 138 g/mol. The molecule has 0 spiro atoms. The van der Waals surface area contributed by atoms with Crippen molar-refractivity contribution >= 4 is 0 Å². The number of hydrogen-bond acceptors (Lipinski definition) is 1. The Morgan fingerprint density at radius 1 is 1.36 bits per heavy atom. The van der Waals surface area contributed by atoms with Crippen LogP contribution in [0.1, 0.15) is 24.4 Å². The van der Waals surface area contributed by atoms with Crippen molar-refractivity contribution in [2.45, 2.75) is 26.8 Å². The molecule has 0 amide bonds. The summed E-state index contributed by atoms with van der Waals surface area (Å²) in [5.74, 6) is 0. The van der Waals surface area contributed by atoms with Crippen LogP contribution in [0.25, 0.3) is 0 Å². The summed E-state index contributed by atoms with van der Waals surface area (Å²) in [7, 11) is 0. The fraction of sp³-hybridized carbons (Fsp3) is 0.556. The first-order valence-electron chi connectivity index (χ1n) is 3.92. The van der Waals surface area contributed by atoms with Crippen molar-refractivity contribution in [2.75, 3.05) is 6.61 Å². The van der Waals surface area contributed by atoms with Gasteiger partial charge in [-0.1, -0.05) is 0 Å². The van der Waals surface area contributed by atoms with Crippen LogP contribution in [0.4, 0.5) is 0 Å². The summed E-state index contributed by atoms with van der Waals surface area (Å²) in [6, 6.07) is 4.34. The van der Waals surface area contributed by atoms with E-state index < -0.39 is 0 Å². The quantitative estimate of drug-likeness (QED) is 0.686. The van der Waals surface area contributed by atoms with Gasteiger partial charge in [-0.05, 0) is 32.9 Å². The van der Waals surface area contributed by atoms with Crippen LogP contribution < -0.4 is 0 Å². The minimum Gasteiger partial charge on any atom is -0.394 e. The van der Waals surface area contributed by atoms with E-state index in [2.05, 4.69) is 30.5 Å². The van der Waals surface area contributed by atoms with Gasteiger partial charge in [0.05, 0.1) is 12.6 Å². The molecule has 62 valence electrons. The zero-order chi connectivity index (χ0) is 8.43. The lowest BCUT2D eigenvalue weighted by Gasteiger charge is -2.15. The SMILES string of the molecule is Cc1ccc(C)n1[C@H](C)CO. The molecular formula is C9H15NO. The molecule has 2 heteroatoms. The number of aliphatic hydroxyl groups is 1. The fourth-order valence-corrected chi connectivity index (χ4v) is 1.46. The largest absolute Gasteiger partial charge is 0.394 e. The summed E-state index contributed by atoms with van der Waals surface area (Å²) < 4.78 is 2.14. The Balaban J connectivity index is 3.00. The molecule has 0 aromatic carbocycles. The van der Waals surface area contributed by atoms with Crippen molar-refractivity contribution in [1.82, 2.24) is 4.57 Å². The van der Waals surface area contributed by atoms with Gasteiger partial charge in [0.25, 0.3) is 0 Å². The van der Waals surface area contributed by atoms with Crippen LogP contribution in [-0.4, -0.2) is 16.3 Å². The molecule has 1 N–H and O–H groups in total. The summed E-state index contributed by atoms with van der Waals surface area (Å²) in [5, 5.41) is 8.93. The molecule has 0 aliphatic heterocycles. The number of aliphatic hydroxyl groups excluding tert-OH is 1. The molecule has 0 fully saturated rings. The van der Waals surface area contributed by atoms with E-state index in [0.717, 1.165) is 0 Å². The molecule has 1 heterocycles. The number of nitrogens with zero attached hydrogens (tertiary/aromatic N) is 1. The van der Waals surface area contributed by atoms with Gasteiger partial charge >= 0.3 is 0 Å². The highest BCUT2D eigenvalue weighted by Gasteiger charge is 2.06. The second-order valence-electron chi connectivity index (χ2n) is 3.02. The summed E-state index contributed by atoms with van der Waals surface area (Å²) >= 11 is 0. The first kappa shape index (κ1) is 8.34. The highest BCUT2D eigenvalue weighted by Crippen LogP contribution is 2.14. The molecule has 0 aliphatic carbocycles. The molecule has 1 aromatic heterocycles. The molecule has 2 nitrogen and oxygen atoms in total. The molecule has 11 heavy (non-hydrogen) atoms. The molecule has 0 saturated carbocycles. The van der Waals surface area contributed by atoms with Crippen molar-refractivity contribution in [1.29, 1.82) is 0 Å². The minimum absolute atomic E-state index is 0.199. The lowest BCUT2D eigenvalue weighted by Crippen LogP contribution is -2.11. The Bertz CT molecular complexity index is 220. The van der Waals surface area contributed by atoms with E-state index in [1.54, 1.807) is 0 Å². The van der Waals surface area contributed by atoms with E-state index in [1.165, 1.54) is 11.4 Å². The van der Waals surface area contributed by atoms with Gasteiger partial charge in [0.2, 0.25) is 0 Å². The molecule has 1 atom stereocenters. The third-order valence-electron chi connectivity index (χ3n) is 2.03. The average Bonchev–Trinajstić information content (AvgIpc) is 2.30. The first-order valence-corrected chi connectivity index (χ1v) is 3.92. The Labute approximate surface area is 67.5 Å². The van der Waals surface area contributed by atoms with E-state index in [9.17, 15) is 0 Å². The van der Waals surface area contributed by atoms with E-state index >= 15 is 0 Å². The Hall–Kier alpha value is -0.760. The average molecular weight is 153 g/mol. The normalized spacial score (nSPS) is 13.5. The zero-order valence-corrected chi connectivity index (χ0v) is 7.33. The number of aryl methyl sites for hydroxylation is 2. The molecule has 1 rings (SSSR count). The number of rotatable bonds is 2. The lowest BCUT2D eigenvalue weighted by atomic mass is 10.3. The maximum absolute atomic E-state index is 8.93. The molecule has 0 aliphatic rings. The van der Waals surface area contributed by atoms with Crippen LogP contribution in [0.3, 0.4) is 0 Å². The smallest absolute Gasteiger partial charge is 0.0636 e. The first-order chi connectivity index (χ1) is 5.16. The summed E-state index contributed by atoms with van der Waals surface area (Å²) in [4.78, 5) is 0. The second-order valence-corrected chi connectivity index (χ2v) is 3.02. The van der Waals surface area contributed by atoms with E-state index in [0.29, 0.717) is 0 Å². The van der Waals surface area contributed by atoms with Gasteiger partial charge in [0, 0.05) is 11.4 Å². The van der Waals surface area contributed by atoms with Gasteiger partial charge in [-0.25, -0.2) is 0 Å². The predicted molar refractivity (Wildman–Crippen MR) is 45.7 cm³/mol. The van der Waals surface area contributed by atoms with Gasteiger partial charge in [0.15, 0.2) is 0 Å². The minimum atomic E-state index is 0.199. The number of aromatic nitrogens is 1. The van der Waals surface area contributed by atoms with Crippen molar-refractivity contribution < 1.29 is 5.11 Å². The van der Waals surface area contributed by atoms with Crippen LogP contribution in [0.2, 0.25) is 0 Å². The third-order valence-corrected chi connectivity index (χ3v) is 2.03. The van der Waals surface area contributed by atoms with Gasteiger partial charge in [-0.2, -0.15) is 0 Å². The molecule has 0 bridgehead atoms. The zero-order valence-electron chi connectivity index (χ0n) is 7.33. The molecule has 0 radical (unpaired) electrons. The highest BCUT2D eigenvalue weighted by molar-refractivity contribution is 5.14. The fourth-order valence-electron chi connectivity index (χ4n) is 1.46. The van der Waals surface area contributed by atoms with Crippen LogP contribution in [0.15, 0.2) is 12.1 Å². The van der Waals surface area contributed by atoms with Gasteiger partial charge in [-0.15, -0.1) is 0 Å². The van der Waals surface area contributed by atoms with Crippen LogP contribution >= 0.6 is 0 Å².